The summed E-state index contributed by atoms with van der Waals surface area (Å²) in [6.07, 6.45) is 4.80. The minimum Gasteiger partial charge on any atom is -0.441 e. The van der Waals surface area contributed by atoms with Gasteiger partial charge in [0, 0.05) is 41.7 Å². The number of nitrogens with two attached hydrogens (primary N) is 1. The SMILES string of the molecule is CO[C@@H]1[C@H](O)[C@@H](C)/C=C(\C)[C@H](OC(N)=O)[C@@H](C)/C=C\C=C(/C)C(=O)NC2=CC(=O)C(C)=C(C[C@H]1C)C2=O. The molecule has 0 unspecified atom stereocenters. The summed E-state index contributed by atoms with van der Waals surface area (Å²) in [7, 11) is 1.47. The first-order valence-corrected chi connectivity index (χ1v) is 12.3. The van der Waals surface area contributed by atoms with Gasteiger partial charge >= 0.3 is 6.09 Å². The lowest BCUT2D eigenvalue weighted by atomic mass is 9.82. The van der Waals surface area contributed by atoms with Gasteiger partial charge in [0.1, 0.15) is 6.10 Å². The fourth-order valence-electron chi connectivity index (χ4n) is 4.69. The third-order valence-corrected chi connectivity index (χ3v) is 6.91. The van der Waals surface area contributed by atoms with Crippen LogP contribution in [0.5, 0.6) is 0 Å². The zero-order chi connectivity index (χ0) is 28.0. The van der Waals surface area contributed by atoms with Crippen LogP contribution in [-0.4, -0.2) is 54.1 Å². The van der Waals surface area contributed by atoms with E-state index >= 15 is 0 Å². The van der Waals surface area contributed by atoms with E-state index < -0.39 is 42.0 Å². The highest BCUT2D eigenvalue weighted by atomic mass is 16.6. The number of allylic oxidation sites excluding steroid dienone is 5. The average molecular weight is 515 g/mol. The normalized spacial score (nSPS) is 34.2. The van der Waals surface area contributed by atoms with Crippen LogP contribution in [0.2, 0.25) is 0 Å². The van der Waals surface area contributed by atoms with Gasteiger partial charge in [0.25, 0.3) is 5.91 Å². The molecule has 1 heterocycles. The molecule has 2 bridgehead atoms. The summed E-state index contributed by atoms with van der Waals surface area (Å²) >= 11 is 0. The standard InChI is InChI=1S/C28H38N2O7/c1-14-9-8-10-15(2)27(34)30-21-13-22(31)19(6)20(24(21)33)12-18(5)26(36-7)23(32)16(3)11-17(4)25(14)37-28(29)35/h8-11,13-14,16,18,23,25-26,32H,12H2,1-7H3,(H2,29,35)(H,30,34)/b9-8-,15-10+,17-11+/t14-,16-,18+,23+,25+,26-/m0/s1. The van der Waals surface area contributed by atoms with Crippen LogP contribution in [0.15, 0.2) is 58.4 Å². The summed E-state index contributed by atoms with van der Waals surface area (Å²) in [6.45, 7) is 10.4. The number of aliphatic hydroxyl groups is 1. The number of ketones is 2. The minimum absolute atomic E-state index is 0.0922. The second-order valence-electron chi connectivity index (χ2n) is 9.90. The van der Waals surface area contributed by atoms with E-state index in [1.54, 1.807) is 45.1 Å². The van der Waals surface area contributed by atoms with Crippen LogP contribution in [0.25, 0.3) is 0 Å². The molecule has 9 nitrogen and oxygen atoms in total. The average Bonchev–Trinajstić information content (AvgIpc) is 2.82. The maximum Gasteiger partial charge on any atom is 0.405 e. The monoisotopic (exact) mass is 514 g/mol. The number of fused-ring (bicyclic) bond motifs is 2. The van der Waals surface area contributed by atoms with E-state index in [2.05, 4.69) is 5.32 Å². The predicted molar refractivity (Wildman–Crippen MR) is 139 cm³/mol. The van der Waals surface area contributed by atoms with E-state index in [1.165, 1.54) is 7.11 Å². The number of aliphatic hydroxyl groups excluding tert-OH is 1. The molecule has 2 rings (SSSR count). The molecule has 0 saturated heterocycles. The van der Waals surface area contributed by atoms with Crippen LogP contribution < -0.4 is 11.1 Å². The van der Waals surface area contributed by atoms with E-state index in [1.807, 2.05) is 20.8 Å². The number of nitrogens with one attached hydrogen (secondary N) is 1. The van der Waals surface area contributed by atoms with Gasteiger partial charge in [-0.2, -0.15) is 0 Å². The van der Waals surface area contributed by atoms with Crippen molar-refractivity contribution >= 4 is 23.6 Å². The Bertz CT molecular complexity index is 1100. The number of hydrogen-bond donors (Lipinski definition) is 3. The Morgan fingerprint density at radius 1 is 1.11 bits per heavy atom. The molecule has 0 aromatic rings. The summed E-state index contributed by atoms with van der Waals surface area (Å²) in [5.41, 5.74) is 6.79. The molecule has 0 fully saturated rings. The van der Waals surface area contributed by atoms with Gasteiger partial charge < -0.3 is 25.6 Å². The number of ether oxygens (including phenoxy) is 2. The van der Waals surface area contributed by atoms with E-state index in [9.17, 15) is 24.3 Å². The van der Waals surface area contributed by atoms with Gasteiger partial charge in [0.2, 0.25) is 5.78 Å². The summed E-state index contributed by atoms with van der Waals surface area (Å²) in [4.78, 5) is 50.2. The van der Waals surface area contributed by atoms with Crippen LogP contribution in [0.1, 0.15) is 48.0 Å². The van der Waals surface area contributed by atoms with Crippen molar-refractivity contribution < 1.29 is 33.8 Å². The molecule has 0 radical (unpaired) electrons. The van der Waals surface area contributed by atoms with Crippen molar-refractivity contribution in [2.24, 2.45) is 23.5 Å². The molecular formula is C28H38N2O7. The molecule has 0 spiro atoms. The van der Waals surface area contributed by atoms with Gasteiger partial charge in [-0.1, -0.05) is 45.1 Å². The first-order chi connectivity index (χ1) is 17.3. The van der Waals surface area contributed by atoms with Crippen LogP contribution in [-0.2, 0) is 23.9 Å². The van der Waals surface area contributed by atoms with Crippen LogP contribution in [0, 0.1) is 17.8 Å². The topological polar surface area (TPSA) is 145 Å². The number of carbonyl (C=O) groups excluding carboxylic acids is 4. The van der Waals surface area contributed by atoms with Gasteiger partial charge in [-0.3, -0.25) is 14.4 Å². The fraction of sp³-hybridized carbons (Fsp3) is 0.500. The number of amides is 2. The number of carbonyl (C=O) groups is 4. The highest BCUT2D eigenvalue weighted by Gasteiger charge is 2.34. The van der Waals surface area contributed by atoms with Crippen molar-refractivity contribution in [3.05, 3.63) is 58.4 Å². The van der Waals surface area contributed by atoms with Crippen molar-refractivity contribution in [3.63, 3.8) is 0 Å². The van der Waals surface area contributed by atoms with Crippen LogP contribution in [0.4, 0.5) is 4.79 Å². The van der Waals surface area contributed by atoms with Crippen molar-refractivity contribution in [1.82, 2.24) is 5.32 Å². The van der Waals surface area contributed by atoms with Gasteiger partial charge in [0.05, 0.1) is 17.9 Å². The molecule has 9 heteroatoms. The van der Waals surface area contributed by atoms with Gasteiger partial charge in [-0.05, 0) is 38.7 Å². The quantitative estimate of drug-likeness (QED) is 0.379. The molecule has 2 aliphatic rings. The van der Waals surface area contributed by atoms with Crippen molar-refractivity contribution in [3.8, 4) is 0 Å². The third kappa shape index (κ3) is 7.36. The van der Waals surface area contributed by atoms with E-state index in [0.717, 1.165) is 6.08 Å². The first kappa shape index (κ1) is 29.9. The molecule has 1 aliphatic heterocycles. The van der Waals surface area contributed by atoms with E-state index in [4.69, 9.17) is 15.2 Å². The smallest absolute Gasteiger partial charge is 0.405 e. The third-order valence-electron chi connectivity index (χ3n) is 6.91. The Balaban J connectivity index is 2.59. The Labute approximate surface area is 218 Å². The lowest BCUT2D eigenvalue weighted by Gasteiger charge is -2.32. The fourth-order valence-corrected chi connectivity index (χ4v) is 4.69. The largest absolute Gasteiger partial charge is 0.441 e. The molecule has 6 atom stereocenters. The molecule has 37 heavy (non-hydrogen) atoms. The molecule has 0 saturated carbocycles. The Kier molecular flexibility index (Phi) is 10.3. The van der Waals surface area contributed by atoms with Crippen molar-refractivity contribution in [2.45, 2.75) is 66.3 Å². The highest BCUT2D eigenvalue weighted by molar-refractivity contribution is 6.23. The van der Waals surface area contributed by atoms with Crippen molar-refractivity contribution in [2.75, 3.05) is 7.11 Å². The number of methoxy groups -OCH3 is 1. The van der Waals surface area contributed by atoms with Gasteiger partial charge in [-0.25, -0.2) is 4.79 Å². The number of Topliss-reactive ketones (excluding diaryl/α,β-unsaturated/α-hetero) is 1. The highest BCUT2D eigenvalue weighted by Crippen LogP contribution is 2.30. The lowest BCUT2D eigenvalue weighted by Crippen LogP contribution is -2.40. The maximum absolute atomic E-state index is 13.2. The van der Waals surface area contributed by atoms with Crippen LogP contribution in [0.3, 0.4) is 0 Å². The second kappa shape index (κ2) is 12.8. The molecule has 202 valence electrons. The number of hydrogen-bond acceptors (Lipinski definition) is 7. The number of primary amides is 1. The van der Waals surface area contributed by atoms with Crippen LogP contribution >= 0.6 is 0 Å². The summed E-state index contributed by atoms with van der Waals surface area (Å²) in [5.74, 6) is -2.39. The molecule has 1 aliphatic carbocycles. The zero-order valence-corrected chi connectivity index (χ0v) is 22.5. The predicted octanol–water partition coefficient (Wildman–Crippen LogP) is 3.06. The Morgan fingerprint density at radius 2 is 1.76 bits per heavy atom. The summed E-state index contributed by atoms with van der Waals surface area (Å²) in [6, 6.07) is 0. The first-order valence-electron chi connectivity index (χ1n) is 12.3. The minimum atomic E-state index is -0.968. The van der Waals surface area contributed by atoms with E-state index in [0.29, 0.717) is 16.7 Å². The molecular weight excluding hydrogens is 476 g/mol. The zero-order valence-electron chi connectivity index (χ0n) is 22.5. The Morgan fingerprint density at radius 3 is 2.35 bits per heavy atom. The van der Waals surface area contributed by atoms with Gasteiger partial charge in [0.15, 0.2) is 5.78 Å². The van der Waals surface area contributed by atoms with E-state index in [-0.39, 0.29) is 35.3 Å². The Hall–Kier alpha value is -3.30. The van der Waals surface area contributed by atoms with Crippen molar-refractivity contribution in [1.29, 1.82) is 0 Å². The summed E-state index contributed by atoms with van der Waals surface area (Å²) in [5, 5.41) is 13.7. The lowest BCUT2D eigenvalue weighted by molar-refractivity contribution is -0.120. The molecule has 0 aromatic heterocycles. The van der Waals surface area contributed by atoms with Gasteiger partial charge in [-0.15, -0.1) is 0 Å². The number of rotatable bonds is 2. The second-order valence-corrected chi connectivity index (χ2v) is 9.90. The molecule has 4 N–H and O–H groups in total. The molecule has 2 amide bonds. The molecule has 0 aromatic carbocycles. The summed E-state index contributed by atoms with van der Waals surface area (Å²) < 4.78 is 11.0. The maximum atomic E-state index is 13.2.